The Balaban J connectivity index is 1.50. The van der Waals surface area contributed by atoms with Crippen LogP contribution < -0.4 is 10.6 Å². The van der Waals surface area contributed by atoms with Crippen LogP contribution in [-0.2, 0) is 6.54 Å². The number of hydrogen-bond acceptors (Lipinski definition) is 5. The van der Waals surface area contributed by atoms with E-state index < -0.39 is 0 Å². The van der Waals surface area contributed by atoms with Crippen LogP contribution in [0.1, 0.15) is 37.7 Å². The molecule has 2 aromatic rings. The van der Waals surface area contributed by atoms with Gasteiger partial charge in [-0.15, -0.1) is 5.10 Å². The van der Waals surface area contributed by atoms with Gasteiger partial charge in [-0.05, 0) is 43.7 Å². The lowest BCUT2D eigenvalue weighted by Crippen LogP contribution is -2.10. The molecule has 1 aliphatic rings. The lowest BCUT2D eigenvalue weighted by molar-refractivity contribution is 0.678. The molecule has 1 heterocycles. The van der Waals surface area contributed by atoms with Crippen LogP contribution in [0, 0.1) is 0 Å². The SMILES string of the molecule is Clc1ccccc1CNc1cnnc(NCCC2=CCCCC2)n1. The third-order valence-corrected chi connectivity index (χ3v) is 4.46. The summed E-state index contributed by atoms with van der Waals surface area (Å²) in [5, 5.41) is 15.3. The first kappa shape index (κ1) is 16.7. The molecule has 6 heteroatoms. The van der Waals surface area contributed by atoms with Crippen molar-refractivity contribution in [1.82, 2.24) is 15.2 Å². The Labute approximate surface area is 147 Å². The summed E-state index contributed by atoms with van der Waals surface area (Å²) in [4.78, 5) is 4.44. The van der Waals surface area contributed by atoms with E-state index in [0.717, 1.165) is 23.6 Å². The van der Waals surface area contributed by atoms with Crippen LogP contribution in [0.5, 0.6) is 0 Å². The molecule has 0 aliphatic heterocycles. The van der Waals surface area contributed by atoms with E-state index in [9.17, 15) is 0 Å². The number of nitrogens with one attached hydrogen (secondary N) is 2. The minimum atomic E-state index is 0.551. The van der Waals surface area contributed by atoms with E-state index in [1.54, 1.807) is 6.20 Å². The number of rotatable bonds is 7. The summed E-state index contributed by atoms with van der Waals surface area (Å²) in [6, 6.07) is 7.75. The van der Waals surface area contributed by atoms with Crippen molar-refractivity contribution >= 4 is 23.4 Å². The molecule has 0 radical (unpaired) electrons. The summed E-state index contributed by atoms with van der Waals surface area (Å²) in [6.07, 6.45) is 10.1. The number of halogens is 1. The molecule has 126 valence electrons. The molecule has 2 N–H and O–H groups in total. The summed E-state index contributed by atoms with van der Waals surface area (Å²) in [5.41, 5.74) is 2.56. The van der Waals surface area contributed by atoms with Gasteiger partial charge in [0.05, 0.1) is 6.20 Å². The molecule has 0 unspecified atom stereocenters. The van der Waals surface area contributed by atoms with Crippen molar-refractivity contribution in [3.8, 4) is 0 Å². The molecule has 0 fully saturated rings. The quantitative estimate of drug-likeness (QED) is 0.728. The van der Waals surface area contributed by atoms with E-state index in [0.29, 0.717) is 18.3 Å². The van der Waals surface area contributed by atoms with Crippen LogP contribution in [0.4, 0.5) is 11.8 Å². The number of allylic oxidation sites excluding steroid dienone is 1. The largest absolute Gasteiger partial charge is 0.364 e. The van der Waals surface area contributed by atoms with E-state index in [2.05, 4.69) is 31.9 Å². The first-order valence-corrected chi connectivity index (χ1v) is 8.78. The van der Waals surface area contributed by atoms with Crippen LogP contribution in [-0.4, -0.2) is 21.7 Å². The van der Waals surface area contributed by atoms with Crippen LogP contribution in [0.2, 0.25) is 5.02 Å². The average molecular weight is 344 g/mol. The van der Waals surface area contributed by atoms with Crippen LogP contribution in [0.15, 0.2) is 42.1 Å². The number of anilines is 2. The molecule has 1 aromatic heterocycles. The Hall–Kier alpha value is -2.14. The third-order valence-electron chi connectivity index (χ3n) is 4.09. The highest BCUT2D eigenvalue weighted by Crippen LogP contribution is 2.20. The molecule has 3 rings (SSSR count). The minimum Gasteiger partial charge on any atom is -0.364 e. The van der Waals surface area contributed by atoms with Gasteiger partial charge in [-0.2, -0.15) is 10.1 Å². The predicted molar refractivity (Wildman–Crippen MR) is 98.3 cm³/mol. The van der Waals surface area contributed by atoms with Gasteiger partial charge in [0.2, 0.25) is 5.95 Å². The zero-order valence-electron chi connectivity index (χ0n) is 13.6. The molecule has 0 atom stereocenters. The van der Waals surface area contributed by atoms with E-state index in [4.69, 9.17) is 11.6 Å². The van der Waals surface area contributed by atoms with Gasteiger partial charge < -0.3 is 10.6 Å². The fourth-order valence-corrected chi connectivity index (χ4v) is 2.96. The molecule has 0 bridgehead atoms. The van der Waals surface area contributed by atoms with E-state index in [-0.39, 0.29) is 0 Å². The summed E-state index contributed by atoms with van der Waals surface area (Å²) in [5.74, 6) is 1.24. The monoisotopic (exact) mass is 343 g/mol. The molecular formula is C18H22ClN5. The van der Waals surface area contributed by atoms with Crippen molar-refractivity contribution in [1.29, 1.82) is 0 Å². The highest BCUT2D eigenvalue weighted by Gasteiger charge is 2.05. The Bertz CT molecular complexity index is 701. The van der Waals surface area contributed by atoms with Gasteiger partial charge in [0.25, 0.3) is 0 Å². The second-order valence-electron chi connectivity index (χ2n) is 5.90. The van der Waals surface area contributed by atoms with Gasteiger partial charge in [-0.1, -0.05) is 41.4 Å². The third kappa shape index (κ3) is 4.93. The van der Waals surface area contributed by atoms with Crippen molar-refractivity contribution in [3.63, 3.8) is 0 Å². The van der Waals surface area contributed by atoms with Crippen LogP contribution in [0.3, 0.4) is 0 Å². The van der Waals surface area contributed by atoms with E-state index in [1.165, 1.54) is 31.3 Å². The van der Waals surface area contributed by atoms with Gasteiger partial charge >= 0.3 is 0 Å². The highest BCUT2D eigenvalue weighted by atomic mass is 35.5. The normalized spacial score (nSPS) is 14.1. The van der Waals surface area contributed by atoms with Crippen LogP contribution in [0.25, 0.3) is 0 Å². The maximum atomic E-state index is 6.16. The summed E-state index contributed by atoms with van der Waals surface area (Å²) >= 11 is 6.16. The summed E-state index contributed by atoms with van der Waals surface area (Å²) in [6.45, 7) is 1.44. The Morgan fingerprint density at radius 2 is 2.04 bits per heavy atom. The number of hydrogen-bond donors (Lipinski definition) is 2. The van der Waals surface area contributed by atoms with Crippen molar-refractivity contribution in [2.45, 2.75) is 38.6 Å². The van der Waals surface area contributed by atoms with Crippen LogP contribution >= 0.6 is 11.6 Å². The standard InChI is InChI=1S/C18H22ClN5/c19-16-9-5-4-8-15(16)12-21-17-13-22-24-18(23-17)20-11-10-14-6-2-1-3-7-14/h4-6,8-9,13H,1-3,7,10-12H2,(H2,20,21,23,24). The van der Waals surface area contributed by atoms with Gasteiger partial charge in [0, 0.05) is 18.1 Å². The second kappa shape index (κ2) is 8.64. The van der Waals surface area contributed by atoms with E-state index in [1.807, 2.05) is 24.3 Å². The molecule has 1 aromatic carbocycles. The lowest BCUT2D eigenvalue weighted by Gasteiger charge is -2.13. The molecule has 0 spiro atoms. The topological polar surface area (TPSA) is 62.7 Å². The summed E-state index contributed by atoms with van der Waals surface area (Å²) in [7, 11) is 0. The second-order valence-corrected chi connectivity index (χ2v) is 6.30. The zero-order valence-corrected chi connectivity index (χ0v) is 14.4. The molecule has 24 heavy (non-hydrogen) atoms. The molecule has 1 aliphatic carbocycles. The fraction of sp³-hybridized carbons (Fsp3) is 0.389. The smallest absolute Gasteiger partial charge is 0.244 e. The van der Waals surface area contributed by atoms with Gasteiger partial charge in [0.15, 0.2) is 5.82 Å². The number of nitrogens with zero attached hydrogens (tertiary/aromatic N) is 3. The Kier molecular flexibility index (Phi) is 6.01. The summed E-state index contributed by atoms with van der Waals surface area (Å²) < 4.78 is 0. The number of benzene rings is 1. The highest BCUT2D eigenvalue weighted by molar-refractivity contribution is 6.31. The first-order valence-electron chi connectivity index (χ1n) is 8.40. The number of aromatic nitrogens is 3. The maximum Gasteiger partial charge on any atom is 0.244 e. The molecule has 0 amide bonds. The molecule has 0 saturated carbocycles. The predicted octanol–water partition coefficient (Wildman–Crippen LogP) is 4.44. The van der Waals surface area contributed by atoms with Crippen molar-refractivity contribution < 1.29 is 0 Å². The molecule has 0 saturated heterocycles. The first-order chi connectivity index (χ1) is 11.8. The van der Waals surface area contributed by atoms with Gasteiger partial charge in [0.1, 0.15) is 0 Å². The average Bonchev–Trinajstić information content (AvgIpc) is 2.62. The van der Waals surface area contributed by atoms with Gasteiger partial charge in [-0.25, -0.2) is 0 Å². The maximum absolute atomic E-state index is 6.16. The van der Waals surface area contributed by atoms with E-state index >= 15 is 0 Å². The molecule has 5 nitrogen and oxygen atoms in total. The van der Waals surface area contributed by atoms with Crippen molar-refractivity contribution in [2.24, 2.45) is 0 Å². The van der Waals surface area contributed by atoms with Crippen molar-refractivity contribution in [2.75, 3.05) is 17.2 Å². The van der Waals surface area contributed by atoms with Gasteiger partial charge in [-0.3, -0.25) is 0 Å². The minimum absolute atomic E-state index is 0.551. The molecular weight excluding hydrogens is 322 g/mol. The lowest BCUT2D eigenvalue weighted by atomic mass is 9.97. The van der Waals surface area contributed by atoms with Crippen molar-refractivity contribution in [3.05, 3.63) is 52.7 Å². The Morgan fingerprint density at radius 1 is 1.12 bits per heavy atom. The fourth-order valence-electron chi connectivity index (χ4n) is 2.76. The Morgan fingerprint density at radius 3 is 2.88 bits per heavy atom. The zero-order chi connectivity index (χ0) is 16.6.